The highest BCUT2D eigenvalue weighted by molar-refractivity contribution is 9.10. The third-order valence-electron chi connectivity index (χ3n) is 11.6. The molecule has 9 rings (SSSR count). The third kappa shape index (κ3) is 8.52. The molecule has 13 nitrogen and oxygen atoms in total. The molecule has 1 N–H and O–H groups in total. The van der Waals surface area contributed by atoms with Crippen molar-refractivity contribution in [3.8, 4) is 16.8 Å². The fourth-order valence-corrected chi connectivity index (χ4v) is 9.07. The van der Waals surface area contributed by atoms with Crippen molar-refractivity contribution in [2.24, 2.45) is 0 Å². The van der Waals surface area contributed by atoms with Gasteiger partial charge in [-0.25, -0.2) is 32.9 Å². The van der Waals surface area contributed by atoms with Crippen LogP contribution in [0.1, 0.15) is 53.3 Å². The number of hydrogen-bond donors (Lipinski definition) is 1. The summed E-state index contributed by atoms with van der Waals surface area (Å²) < 4.78 is 38.7. The molecule has 3 aromatic carbocycles. The molecule has 7 aromatic rings. The number of benzene rings is 3. The molecule has 1 saturated carbocycles. The number of halogens is 3. The van der Waals surface area contributed by atoms with Crippen LogP contribution in [0, 0.1) is 11.6 Å². The van der Waals surface area contributed by atoms with Crippen molar-refractivity contribution in [3.63, 3.8) is 0 Å². The lowest BCUT2D eigenvalue weighted by atomic mass is 9.90. The number of aromatic nitrogens is 5. The maximum Gasteiger partial charge on any atom is 0.410 e. The van der Waals surface area contributed by atoms with Gasteiger partial charge in [-0.15, -0.1) is 0 Å². The van der Waals surface area contributed by atoms with Gasteiger partial charge in [0.15, 0.2) is 5.65 Å². The van der Waals surface area contributed by atoms with E-state index in [0.717, 1.165) is 39.0 Å². The van der Waals surface area contributed by atoms with E-state index in [-0.39, 0.29) is 35.5 Å². The van der Waals surface area contributed by atoms with Gasteiger partial charge < -0.3 is 19.4 Å². The number of piperazine rings is 1. The molecule has 0 unspecified atom stereocenters. The maximum atomic E-state index is 14.7. The molecular weight excluding hydrogens is 862 g/mol. The van der Waals surface area contributed by atoms with Gasteiger partial charge in [-0.2, -0.15) is 0 Å². The fourth-order valence-electron chi connectivity index (χ4n) is 8.41. The third-order valence-corrected chi connectivity index (χ3v) is 12.3. The van der Waals surface area contributed by atoms with Crippen LogP contribution in [-0.2, 0) is 17.9 Å². The predicted molar refractivity (Wildman–Crippen MR) is 232 cm³/mol. The summed E-state index contributed by atoms with van der Waals surface area (Å²) in [6.07, 6.45) is 5.15. The predicted octanol–water partition coefficient (Wildman–Crippen LogP) is 7.27. The Morgan fingerprint density at radius 1 is 0.823 bits per heavy atom. The highest BCUT2D eigenvalue weighted by Crippen LogP contribution is 2.32. The first-order valence-electron chi connectivity index (χ1n) is 20.4. The van der Waals surface area contributed by atoms with Crippen LogP contribution >= 0.6 is 15.9 Å². The molecular formula is C46H41BrF2N8O5. The summed E-state index contributed by atoms with van der Waals surface area (Å²) >= 11 is 3.77. The number of carbonyl (C=O) groups excluding carboxylic acids is 2. The van der Waals surface area contributed by atoms with E-state index >= 15 is 0 Å². The zero-order chi connectivity index (χ0) is 42.9. The summed E-state index contributed by atoms with van der Waals surface area (Å²) in [6, 6.07) is 26.2. The Kier molecular flexibility index (Phi) is 11.5. The Hall–Kier alpha value is -6.52. The van der Waals surface area contributed by atoms with Crippen LogP contribution in [-0.4, -0.2) is 77.5 Å². The first-order chi connectivity index (χ1) is 30.1. The zero-order valence-electron chi connectivity index (χ0n) is 33.4. The van der Waals surface area contributed by atoms with Crippen LogP contribution in [0.2, 0.25) is 0 Å². The summed E-state index contributed by atoms with van der Waals surface area (Å²) in [5.41, 5.74) is 3.57. The number of pyridine rings is 2. The van der Waals surface area contributed by atoms with E-state index in [0.29, 0.717) is 69.7 Å². The van der Waals surface area contributed by atoms with Gasteiger partial charge in [0.25, 0.3) is 11.5 Å². The SMILES string of the molecule is O=C(NC1CCC(n2c(=O)c3cc(F)cnc3n(-c3cccc(-c4ccc(CN5CCN(C(=O)OCc6ccccc6)CC5)cc4Br)c3)c2=O)CC1)c1cn2cc(F)ccc2n1. The normalized spacial score (nSPS) is 17.0. The summed E-state index contributed by atoms with van der Waals surface area (Å²) in [6.45, 7) is 3.47. The smallest absolute Gasteiger partial charge is 0.410 e. The van der Waals surface area contributed by atoms with Gasteiger partial charge in [-0.3, -0.25) is 19.1 Å². The quantitative estimate of drug-likeness (QED) is 0.160. The van der Waals surface area contributed by atoms with E-state index in [1.54, 1.807) is 11.0 Å². The second-order valence-electron chi connectivity index (χ2n) is 15.7. The molecule has 62 heavy (non-hydrogen) atoms. The largest absolute Gasteiger partial charge is 0.445 e. The molecule has 2 amide bonds. The van der Waals surface area contributed by atoms with Crippen molar-refractivity contribution in [2.45, 2.75) is 50.9 Å². The van der Waals surface area contributed by atoms with E-state index < -0.39 is 34.8 Å². The Labute approximate surface area is 362 Å². The summed E-state index contributed by atoms with van der Waals surface area (Å²) in [4.78, 5) is 66.8. The van der Waals surface area contributed by atoms with E-state index in [4.69, 9.17) is 4.74 Å². The lowest BCUT2D eigenvalue weighted by molar-refractivity contribution is 0.0700. The summed E-state index contributed by atoms with van der Waals surface area (Å²) in [5.74, 6) is -1.55. The average Bonchev–Trinajstić information content (AvgIpc) is 3.71. The molecule has 0 spiro atoms. The van der Waals surface area contributed by atoms with Crippen LogP contribution < -0.4 is 16.6 Å². The van der Waals surface area contributed by atoms with E-state index in [1.807, 2.05) is 54.6 Å². The molecule has 5 heterocycles. The van der Waals surface area contributed by atoms with Crippen molar-refractivity contribution >= 4 is 44.6 Å². The molecule has 0 bridgehead atoms. The van der Waals surface area contributed by atoms with Crippen LogP contribution in [0.15, 0.2) is 124 Å². The van der Waals surface area contributed by atoms with Crippen LogP contribution in [0.5, 0.6) is 0 Å². The van der Waals surface area contributed by atoms with E-state index in [9.17, 15) is 28.0 Å². The lowest BCUT2D eigenvalue weighted by Gasteiger charge is -2.34. The van der Waals surface area contributed by atoms with Gasteiger partial charge in [0.05, 0.1) is 17.3 Å². The Morgan fingerprint density at radius 3 is 2.39 bits per heavy atom. The number of fused-ring (bicyclic) bond motifs is 2. The second kappa shape index (κ2) is 17.5. The van der Waals surface area contributed by atoms with Gasteiger partial charge in [-0.05, 0) is 84.3 Å². The first kappa shape index (κ1) is 40.9. The van der Waals surface area contributed by atoms with Crippen molar-refractivity contribution in [2.75, 3.05) is 26.2 Å². The Morgan fingerprint density at radius 2 is 1.61 bits per heavy atom. The minimum absolute atomic E-state index is 0.0239. The molecule has 316 valence electrons. The lowest BCUT2D eigenvalue weighted by Crippen LogP contribution is -2.48. The van der Waals surface area contributed by atoms with Crippen LogP contribution in [0.25, 0.3) is 33.5 Å². The number of ether oxygens (including phenoxy) is 1. The monoisotopic (exact) mass is 902 g/mol. The summed E-state index contributed by atoms with van der Waals surface area (Å²) in [7, 11) is 0. The average molecular weight is 904 g/mol. The van der Waals surface area contributed by atoms with Gasteiger partial charge in [0, 0.05) is 61.7 Å². The highest BCUT2D eigenvalue weighted by atomic mass is 79.9. The number of nitrogens with one attached hydrogen (secondary N) is 1. The molecule has 16 heteroatoms. The summed E-state index contributed by atoms with van der Waals surface area (Å²) in [5, 5.41) is 2.96. The van der Waals surface area contributed by atoms with Crippen LogP contribution in [0.4, 0.5) is 13.6 Å². The van der Waals surface area contributed by atoms with Crippen molar-refractivity contribution in [1.29, 1.82) is 0 Å². The Bertz CT molecular complexity index is 2940. The Balaban J connectivity index is 0.897. The molecule has 0 atom stereocenters. The second-order valence-corrected chi connectivity index (χ2v) is 16.6. The van der Waals surface area contributed by atoms with E-state index in [1.165, 1.54) is 38.1 Å². The van der Waals surface area contributed by atoms with Crippen molar-refractivity contribution in [3.05, 3.63) is 163 Å². The first-order valence-corrected chi connectivity index (χ1v) is 21.2. The molecule has 2 fully saturated rings. The van der Waals surface area contributed by atoms with Crippen LogP contribution in [0.3, 0.4) is 0 Å². The number of carbonyl (C=O) groups is 2. The zero-order valence-corrected chi connectivity index (χ0v) is 35.0. The van der Waals surface area contributed by atoms with Crippen molar-refractivity contribution < 1.29 is 23.1 Å². The molecule has 4 aromatic heterocycles. The fraction of sp³-hybridized carbons (Fsp3) is 0.261. The van der Waals surface area contributed by atoms with Gasteiger partial charge in [-0.1, -0.05) is 70.5 Å². The number of rotatable bonds is 9. The van der Waals surface area contributed by atoms with Gasteiger partial charge in [0.2, 0.25) is 0 Å². The molecule has 2 aliphatic rings. The number of nitrogens with zero attached hydrogens (tertiary/aromatic N) is 7. The molecule has 1 saturated heterocycles. The molecule has 1 aliphatic heterocycles. The number of amides is 2. The topological polar surface area (TPSA) is 136 Å². The maximum absolute atomic E-state index is 14.7. The standard InChI is InChI=1S/C46H41BrF2N8O5/c47-39-21-30(25-53-17-19-54(20-18-53)46(61)62-28-29-5-2-1-3-6-29)9-15-37(39)31-7-4-8-36(22-31)56-42-38(23-33(49)24-50-42)44(59)57(45(56)60)35-13-11-34(12-14-35)51-43(58)40-27-55-26-32(48)10-16-41(55)52-40/h1-10,15-16,21-24,26-27,34-35H,11-14,17-20,25,28H2,(H,51,58). The minimum atomic E-state index is -0.701. The van der Waals surface area contributed by atoms with E-state index in [2.05, 4.69) is 48.2 Å². The molecule has 0 radical (unpaired) electrons. The molecule has 1 aliphatic carbocycles. The number of imidazole rings is 1. The van der Waals surface area contributed by atoms with Crippen molar-refractivity contribution in [1.82, 2.24) is 38.6 Å². The number of hydrogen-bond acceptors (Lipinski definition) is 8. The van der Waals surface area contributed by atoms with Gasteiger partial charge >= 0.3 is 11.8 Å². The highest BCUT2D eigenvalue weighted by Gasteiger charge is 2.29. The minimum Gasteiger partial charge on any atom is -0.445 e. The van der Waals surface area contributed by atoms with Gasteiger partial charge in [0.1, 0.15) is 29.6 Å².